The maximum atomic E-state index is 14.4. The fraction of sp³-hybridized carbons (Fsp3) is 0.261. The van der Waals surface area contributed by atoms with Gasteiger partial charge in [-0.15, -0.1) is 0 Å². The fourth-order valence-electron chi connectivity index (χ4n) is 3.64. The summed E-state index contributed by atoms with van der Waals surface area (Å²) in [4.78, 5) is 33.1. The second kappa shape index (κ2) is 8.49. The van der Waals surface area contributed by atoms with Crippen molar-refractivity contribution in [1.82, 2.24) is 14.8 Å². The molecule has 30 heavy (non-hydrogen) atoms. The van der Waals surface area contributed by atoms with E-state index in [0.29, 0.717) is 55.1 Å². The van der Waals surface area contributed by atoms with E-state index in [0.717, 1.165) is 5.39 Å². The van der Waals surface area contributed by atoms with Crippen LogP contribution in [0.25, 0.3) is 22.2 Å². The molecule has 1 aliphatic heterocycles. The lowest BCUT2D eigenvalue weighted by atomic mass is 10.0. The molecule has 2 heterocycles. The Labute approximate surface area is 173 Å². The zero-order valence-electron chi connectivity index (χ0n) is 16.7. The number of rotatable bonds is 3. The van der Waals surface area contributed by atoms with Crippen LogP contribution in [0.1, 0.15) is 17.3 Å². The van der Waals surface area contributed by atoms with Crippen molar-refractivity contribution >= 4 is 22.9 Å². The van der Waals surface area contributed by atoms with E-state index in [-0.39, 0.29) is 17.8 Å². The summed E-state index contributed by atoms with van der Waals surface area (Å²) in [5.74, 6) is -0.545. The molecular weight excluding hydrogens is 385 g/mol. The Morgan fingerprint density at radius 1 is 1.00 bits per heavy atom. The Morgan fingerprint density at radius 3 is 2.40 bits per heavy atom. The molecule has 1 saturated heterocycles. The van der Waals surface area contributed by atoms with Gasteiger partial charge in [-0.25, -0.2) is 14.2 Å². The van der Waals surface area contributed by atoms with Crippen LogP contribution < -0.4 is 0 Å². The predicted molar refractivity (Wildman–Crippen MR) is 112 cm³/mol. The zero-order valence-corrected chi connectivity index (χ0v) is 16.7. The molecule has 6 nitrogen and oxygen atoms in total. The summed E-state index contributed by atoms with van der Waals surface area (Å²) in [6.07, 6.45) is -0.360. The summed E-state index contributed by atoms with van der Waals surface area (Å²) in [5.41, 5.74) is 1.87. The normalized spacial score (nSPS) is 14.1. The third-order valence-corrected chi connectivity index (χ3v) is 5.19. The number of pyridine rings is 1. The zero-order chi connectivity index (χ0) is 21.1. The Morgan fingerprint density at radius 2 is 1.67 bits per heavy atom. The molecule has 0 N–H and O–H groups in total. The average Bonchev–Trinajstić information content (AvgIpc) is 2.78. The standard InChI is InChI=1S/C23H22FN3O3/c1-2-30-23(29)27-13-11-26(12-14-27)22(28)18-15-21(17-8-3-5-9-19(17)24)25-20-10-6-4-7-16(18)20/h3-10,15H,2,11-14H2,1H3. The van der Waals surface area contributed by atoms with Gasteiger partial charge in [-0.2, -0.15) is 0 Å². The number of fused-ring (bicyclic) bond motifs is 1. The van der Waals surface area contributed by atoms with Crippen LogP contribution in [-0.4, -0.2) is 59.6 Å². The number of carbonyl (C=O) groups is 2. The number of hydrogen-bond acceptors (Lipinski definition) is 4. The van der Waals surface area contributed by atoms with Crippen molar-refractivity contribution in [3.05, 3.63) is 66.0 Å². The number of carbonyl (C=O) groups excluding carboxylic acids is 2. The first-order valence-corrected chi connectivity index (χ1v) is 9.94. The Kier molecular flexibility index (Phi) is 5.61. The maximum Gasteiger partial charge on any atom is 0.409 e. The lowest BCUT2D eigenvalue weighted by Crippen LogP contribution is -2.50. The van der Waals surface area contributed by atoms with Gasteiger partial charge in [-0.1, -0.05) is 30.3 Å². The van der Waals surface area contributed by atoms with Gasteiger partial charge in [0, 0.05) is 37.1 Å². The first-order chi connectivity index (χ1) is 14.6. The molecule has 7 heteroatoms. The largest absolute Gasteiger partial charge is 0.450 e. The van der Waals surface area contributed by atoms with Crippen molar-refractivity contribution in [1.29, 1.82) is 0 Å². The molecule has 3 aromatic rings. The van der Waals surface area contributed by atoms with Gasteiger partial charge in [0.25, 0.3) is 5.91 Å². The highest BCUT2D eigenvalue weighted by atomic mass is 19.1. The third kappa shape index (κ3) is 3.83. The highest BCUT2D eigenvalue weighted by molar-refractivity contribution is 6.07. The van der Waals surface area contributed by atoms with Crippen LogP contribution in [0, 0.1) is 5.82 Å². The molecule has 0 aliphatic carbocycles. The van der Waals surface area contributed by atoms with E-state index < -0.39 is 0 Å². The summed E-state index contributed by atoms with van der Waals surface area (Å²) in [7, 11) is 0. The van der Waals surface area contributed by atoms with E-state index in [2.05, 4.69) is 4.98 Å². The van der Waals surface area contributed by atoms with Crippen molar-refractivity contribution in [2.24, 2.45) is 0 Å². The second-order valence-electron chi connectivity index (χ2n) is 7.03. The summed E-state index contributed by atoms with van der Waals surface area (Å²) >= 11 is 0. The summed E-state index contributed by atoms with van der Waals surface area (Å²) in [6, 6.07) is 15.4. The molecule has 1 fully saturated rings. The van der Waals surface area contributed by atoms with Gasteiger partial charge in [0.2, 0.25) is 0 Å². The maximum absolute atomic E-state index is 14.4. The molecule has 2 aromatic carbocycles. The molecule has 0 unspecified atom stereocenters. The molecule has 0 saturated carbocycles. The lowest BCUT2D eigenvalue weighted by Gasteiger charge is -2.34. The number of aromatic nitrogens is 1. The van der Waals surface area contributed by atoms with Crippen LogP contribution in [-0.2, 0) is 4.74 Å². The first kappa shape index (κ1) is 19.8. The van der Waals surface area contributed by atoms with E-state index in [4.69, 9.17) is 4.74 Å². The smallest absolute Gasteiger partial charge is 0.409 e. The van der Waals surface area contributed by atoms with E-state index in [9.17, 15) is 14.0 Å². The Bertz CT molecular complexity index is 1090. The minimum absolute atomic E-state index is 0.158. The number of para-hydroxylation sites is 1. The van der Waals surface area contributed by atoms with Gasteiger partial charge < -0.3 is 14.5 Å². The minimum Gasteiger partial charge on any atom is -0.450 e. The fourth-order valence-corrected chi connectivity index (χ4v) is 3.64. The number of hydrogen-bond donors (Lipinski definition) is 0. The molecule has 154 valence electrons. The lowest BCUT2D eigenvalue weighted by molar-refractivity contribution is 0.0572. The Hall–Kier alpha value is -3.48. The SMILES string of the molecule is CCOC(=O)N1CCN(C(=O)c2cc(-c3ccccc3F)nc3ccccc23)CC1. The molecule has 2 amide bonds. The highest BCUT2D eigenvalue weighted by Crippen LogP contribution is 2.27. The second-order valence-corrected chi connectivity index (χ2v) is 7.03. The molecule has 4 rings (SSSR count). The molecule has 0 atom stereocenters. The van der Waals surface area contributed by atoms with Crippen LogP contribution in [0.2, 0.25) is 0 Å². The number of piperazine rings is 1. The molecule has 0 bridgehead atoms. The highest BCUT2D eigenvalue weighted by Gasteiger charge is 2.27. The van der Waals surface area contributed by atoms with Crippen LogP contribution in [0.15, 0.2) is 54.6 Å². The predicted octanol–water partition coefficient (Wildman–Crippen LogP) is 3.96. The summed E-state index contributed by atoms with van der Waals surface area (Å²) in [5, 5.41) is 0.718. The van der Waals surface area contributed by atoms with Gasteiger partial charge in [0.1, 0.15) is 5.82 Å². The number of ether oxygens (including phenoxy) is 1. The quantitative estimate of drug-likeness (QED) is 0.659. The van der Waals surface area contributed by atoms with Crippen molar-refractivity contribution in [3.8, 4) is 11.3 Å². The average molecular weight is 407 g/mol. The van der Waals surface area contributed by atoms with Crippen molar-refractivity contribution in [3.63, 3.8) is 0 Å². The third-order valence-electron chi connectivity index (χ3n) is 5.19. The molecule has 0 spiro atoms. The van der Waals surface area contributed by atoms with Crippen molar-refractivity contribution in [2.75, 3.05) is 32.8 Å². The summed E-state index contributed by atoms with van der Waals surface area (Å²) < 4.78 is 19.4. The van der Waals surface area contributed by atoms with Gasteiger partial charge in [0.05, 0.1) is 23.4 Å². The van der Waals surface area contributed by atoms with E-state index in [1.165, 1.54) is 6.07 Å². The molecule has 0 radical (unpaired) electrons. The van der Waals surface area contributed by atoms with Gasteiger partial charge in [-0.3, -0.25) is 4.79 Å². The number of nitrogens with zero attached hydrogens (tertiary/aromatic N) is 3. The van der Waals surface area contributed by atoms with Crippen molar-refractivity contribution in [2.45, 2.75) is 6.92 Å². The number of amides is 2. The minimum atomic E-state index is -0.387. The van der Waals surface area contributed by atoms with E-state index >= 15 is 0 Å². The van der Waals surface area contributed by atoms with Crippen LogP contribution >= 0.6 is 0 Å². The molecular formula is C23H22FN3O3. The number of benzene rings is 2. The van der Waals surface area contributed by atoms with Crippen LogP contribution in [0.5, 0.6) is 0 Å². The van der Waals surface area contributed by atoms with Gasteiger partial charge in [0.15, 0.2) is 0 Å². The van der Waals surface area contributed by atoms with Crippen LogP contribution in [0.4, 0.5) is 9.18 Å². The molecule has 1 aliphatic rings. The van der Waals surface area contributed by atoms with E-state index in [1.807, 2.05) is 24.3 Å². The number of halogens is 1. The monoisotopic (exact) mass is 407 g/mol. The first-order valence-electron chi connectivity index (χ1n) is 9.94. The van der Waals surface area contributed by atoms with E-state index in [1.54, 1.807) is 41.0 Å². The van der Waals surface area contributed by atoms with Gasteiger partial charge in [-0.05, 0) is 31.2 Å². The van der Waals surface area contributed by atoms with Crippen LogP contribution in [0.3, 0.4) is 0 Å². The van der Waals surface area contributed by atoms with Crippen molar-refractivity contribution < 1.29 is 18.7 Å². The Balaban J connectivity index is 1.66. The summed E-state index contributed by atoms with van der Waals surface area (Å²) in [6.45, 7) is 3.72. The molecule has 1 aromatic heterocycles. The topological polar surface area (TPSA) is 62.7 Å². The van der Waals surface area contributed by atoms with Gasteiger partial charge >= 0.3 is 6.09 Å².